The van der Waals surface area contributed by atoms with Crippen molar-refractivity contribution in [3.63, 3.8) is 0 Å². The van der Waals surface area contributed by atoms with Gasteiger partial charge in [0.25, 0.3) is 0 Å². The highest BCUT2D eigenvalue weighted by molar-refractivity contribution is 5.90. The summed E-state index contributed by atoms with van der Waals surface area (Å²) >= 11 is 0. The molecule has 1 radical (unpaired) electrons. The van der Waals surface area contributed by atoms with Gasteiger partial charge in [-0.25, -0.2) is 0 Å². The van der Waals surface area contributed by atoms with Gasteiger partial charge in [0.05, 0.1) is 7.11 Å². The predicted molar refractivity (Wildman–Crippen MR) is 50.6 cm³/mol. The topological polar surface area (TPSA) is 29.1 Å². The fraction of sp³-hybridized carbons (Fsp3) is 0.0909. The third-order valence-electron chi connectivity index (χ3n) is 2.06. The molecule has 0 fully saturated rings. The predicted octanol–water partition coefficient (Wildman–Crippen LogP) is 2.99. The van der Waals surface area contributed by atoms with Gasteiger partial charge in [-0.05, 0) is 11.5 Å². The molecule has 0 saturated heterocycles. The maximum absolute atomic E-state index is 11.6. The second-order valence-electron chi connectivity index (χ2n) is 2.82. The lowest BCUT2D eigenvalue weighted by molar-refractivity contribution is 0.320. The normalized spacial score (nSPS) is 10.2. The van der Waals surface area contributed by atoms with E-state index in [1.165, 1.54) is 7.11 Å². The van der Waals surface area contributed by atoms with E-state index in [0.29, 0.717) is 11.1 Å². The molecule has 0 N–H and O–H groups in total. The van der Waals surface area contributed by atoms with Gasteiger partial charge in [-0.15, -0.1) is 0 Å². The van der Waals surface area contributed by atoms with Gasteiger partial charge < -0.3 is 4.74 Å². The van der Waals surface area contributed by atoms with Gasteiger partial charge in [0.2, 0.25) is 5.75 Å². The summed E-state index contributed by atoms with van der Waals surface area (Å²) in [6, 6.07) is 11.1. The average Bonchev–Trinajstić information content (AvgIpc) is 2.19. The van der Waals surface area contributed by atoms with E-state index in [9.17, 15) is 5.11 Å². The Morgan fingerprint density at radius 2 is 1.85 bits per heavy atom. The Hall–Kier alpha value is -1.70. The molecule has 0 aliphatic carbocycles. The minimum Gasteiger partial charge on any atom is -0.493 e. The molecule has 0 unspecified atom stereocenters. The van der Waals surface area contributed by atoms with Crippen molar-refractivity contribution in [1.82, 2.24) is 0 Å². The van der Waals surface area contributed by atoms with Gasteiger partial charge in [0.15, 0.2) is 5.75 Å². The van der Waals surface area contributed by atoms with Crippen molar-refractivity contribution < 1.29 is 9.84 Å². The number of methoxy groups -OCH3 is 1. The van der Waals surface area contributed by atoms with Crippen LogP contribution in [0.15, 0.2) is 36.4 Å². The van der Waals surface area contributed by atoms with E-state index in [2.05, 4.69) is 0 Å². The maximum Gasteiger partial charge on any atom is 0.228 e. The summed E-state index contributed by atoms with van der Waals surface area (Å²) in [5.74, 6) is 0.360. The fourth-order valence-electron chi connectivity index (χ4n) is 1.38. The summed E-state index contributed by atoms with van der Waals surface area (Å²) in [5.41, 5.74) is 0. The van der Waals surface area contributed by atoms with Gasteiger partial charge >= 0.3 is 0 Å². The maximum atomic E-state index is 11.6. The Bertz CT molecular complexity index is 435. The number of rotatable bonds is 1. The van der Waals surface area contributed by atoms with E-state index in [0.717, 1.165) is 5.39 Å². The Kier molecular flexibility index (Phi) is 1.81. The summed E-state index contributed by atoms with van der Waals surface area (Å²) in [5, 5.41) is 13.3. The van der Waals surface area contributed by atoms with Crippen LogP contribution in [0, 0.1) is 0 Å². The molecular formula is C11H9O2. The zero-order valence-electron chi connectivity index (χ0n) is 7.28. The first-order valence-electron chi connectivity index (χ1n) is 4.05. The summed E-state index contributed by atoms with van der Waals surface area (Å²) in [4.78, 5) is 0. The van der Waals surface area contributed by atoms with Gasteiger partial charge in [-0.1, -0.05) is 30.3 Å². The zero-order chi connectivity index (χ0) is 9.26. The van der Waals surface area contributed by atoms with Crippen molar-refractivity contribution in [2.75, 3.05) is 7.11 Å². The average molecular weight is 173 g/mol. The molecule has 2 aromatic carbocycles. The molecule has 0 aromatic heterocycles. The van der Waals surface area contributed by atoms with Crippen LogP contribution in [-0.2, 0) is 5.11 Å². The zero-order valence-corrected chi connectivity index (χ0v) is 7.28. The van der Waals surface area contributed by atoms with Crippen LogP contribution in [0.25, 0.3) is 10.8 Å². The molecule has 0 bridgehead atoms. The second kappa shape index (κ2) is 2.98. The second-order valence-corrected chi connectivity index (χ2v) is 2.82. The highest BCUT2D eigenvalue weighted by atomic mass is 16.5. The molecule has 13 heavy (non-hydrogen) atoms. The quantitative estimate of drug-likeness (QED) is 0.651. The highest BCUT2D eigenvalue weighted by Crippen LogP contribution is 2.34. The minimum atomic E-state index is -0.0411. The Morgan fingerprint density at radius 1 is 1.08 bits per heavy atom. The van der Waals surface area contributed by atoms with Gasteiger partial charge in [0.1, 0.15) is 0 Å². The van der Waals surface area contributed by atoms with E-state index >= 15 is 0 Å². The molecule has 0 aliphatic heterocycles. The van der Waals surface area contributed by atoms with Crippen molar-refractivity contribution in [3.05, 3.63) is 36.4 Å². The van der Waals surface area contributed by atoms with Crippen molar-refractivity contribution >= 4 is 10.8 Å². The third kappa shape index (κ3) is 1.20. The number of fused-ring (bicyclic) bond motifs is 1. The van der Waals surface area contributed by atoms with Gasteiger partial charge in [0, 0.05) is 5.39 Å². The number of hydrogen-bond donors (Lipinski definition) is 0. The van der Waals surface area contributed by atoms with Crippen LogP contribution in [0.1, 0.15) is 0 Å². The lowest BCUT2D eigenvalue weighted by Crippen LogP contribution is -1.83. The van der Waals surface area contributed by atoms with E-state index in [4.69, 9.17) is 4.74 Å². The van der Waals surface area contributed by atoms with E-state index in [1.807, 2.05) is 24.3 Å². The first kappa shape index (κ1) is 7.92. The summed E-state index contributed by atoms with van der Waals surface area (Å²) in [7, 11) is 1.51. The molecule has 0 heterocycles. The van der Waals surface area contributed by atoms with Crippen LogP contribution in [0.2, 0.25) is 0 Å². The number of ether oxygens (including phenoxy) is 1. The SMILES string of the molecule is COc1ccc2ccccc2c1[O]. The van der Waals surface area contributed by atoms with Crippen molar-refractivity contribution in [2.45, 2.75) is 0 Å². The molecule has 0 spiro atoms. The summed E-state index contributed by atoms with van der Waals surface area (Å²) in [6.45, 7) is 0. The van der Waals surface area contributed by atoms with E-state index in [-0.39, 0.29) is 5.75 Å². The largest absolute Gasteiger partial charge is 0.493 e. The number of benzene rings is 2. The van der Waals surface area contributed by atoms with Crippen LogP contribution < -0.4 is 4.74 Å². The van der Waals surface area contributed by atoms with E-state index < -0.39 is 0 Å². The lowest BCUT2D eigenvalue weighted by atomic mass is 10.1. The molecule has 2 nitrogen and oxygen atoms in total. The Balaban J connectivity index is 2.79. The summed E-state index contributed by atoms with van der Waals surface area (Å²) < 4.78 is 4.94. The fourth-order valence-corrected chi connectivity index (χ4v) is 1.38. The van der Waals surface area contributed by atoms with Crippen LogP contribution >= 0.6 is 0 Å². The minimum absolute atomic E-state index is 0.0411. The monoisotopic (exact) mass is 173 g/mol. The number of hydrogen-bond acceptors (Lipinski definition) is 1. The van der Waals surface area contributed by atoms with Crippen LogP contribution in [0.3, 0.4) is 0 Å². The van der Waals surface area contributed by atoms with Crippen molar-refractivity contribution in [3.8, 4) is 11.5 Å². The highest BCUT2D eigenvalue weighted by Gasteiger charge is 2.06. The Morgan fingerprint density at radius 3 is 2.62 bits per heavy atom. The third-order valence-corrected chi connectivity index (χ3v) is 2.06. The molecule has 0 amide bonds. The van der Waals surface area contributed by atoms with Crippen LogP contribution in [0.5, 0.6) is 11.5 Å². The van der Waals surface area contributed by atoms with Crippen molar-refractivity contribution in [1.29, 1.82) is 0 Å². The molecule has 0 saturated carbocycles. The van der Waals surface area contributed by atoms with Gasteiger partial charge in [-0.2, -0.15) is 0 Å². The van der Waals surface area contributed by atoms with Gasteiger partial charge in [-0.3, -0.25) is 5.11 Å². The Labute approximate surface area is 76.4 Å². The first-order chi connectivity index (χ1) is 6.33. The summed E-state index contributed by atoms with van der Waals surface area (Å²) in [6.07, 6.45) is 0. The van der Waals surface area contributed by atoms with E-state index in [1.54, 1.807) is 12.1 Å². The molecule has 2 rings (SSSR count). The lowest BCUT2D eigenvalue weighted by Gasteiger charge is -2.03. The molecular weight excluding hydrogens is 164 g/mol. The molecule has 2 heteroatoms. The molecule has 0 aliphatic rings. The van der Waals surface area contributed by atoms with Crippen LogP contribution in [0.4, 0.5) is 0 Å². The first-order valence-corrected chi connectivity index (χ1v) is 4.05. The molecule has 65 valence electrons. The standard InChI is InChI=1S/C11H9O2/c1-13-10-7-6-8-4-2-3-5-9(8)11(10)12/h2-7H,1H3. The smallest absolute Gasteiger partial charge is 0.228 e. The van der Waals surface area contributed by atoms with Crippen molar-refractivity contribution in [2.24, 2.45) is 0 Å². The molecule has 2 aromatic rings. The van der Waals surface area contributed by atoms with Crippen LogP contribution in [-0.4, -0.2) is 7.11 Å². The molecule has 0 atom stereocenters.